The third-order valence-corrected chi connectivity index (χ3v) is 5.03. The molecule has 0 saturated carbocycles. The van der Waals surface area contributed by atoms with Gasteiger partial charge in [-0.3, -0.25) is 4.79 Å². The Labute approximate surface area is 124 Å². The third kappa shape index (κ3) is 5.11. The average molecular weight is 315 g/mol. The molecule has 7 heteroatoms. The lowest BCUT2D eigenvalue weighted by atomic mass is 10.0. The van der Waals surface area contributed by atoms with Gasteiger partial charge < -0.3 is 10.2 Å². The zero-order valence-electron chi connectivity index (χ0n) is 12.2. The van der Waals surface area contributed by atoms with Gasteiger partial charge >= 0.3 is 5.97 Å². The summed E-state index contributed by atoms with van der Waals surface area (Å²) in [4.78, 5) is 10.6. The van der Waals surface area contributed by atoms with Crippen LogP contribution >= 0.6 is 0 Å². The van der Waals surface area contributed by atoms with Crippen molar-refractivity contribution in [1.82, 2.24) is 4.72 Å². The average Bonchev–Trinajstić information content (AvgIpc) is 2.45. The molecule has 0 heterocycles. The van der Waals surface area contributed by atoms with Gasteiger partial charge in [-0.1, -0.05) is 19.1 Å². The van der Waals surface area contributed by atoms with Gasteiger partial charge in [0.2, 0.25) is 10.0 Å². The number of carboxylic acids is 1. The number of aryl methyl sites for hydroxylation is 1. The van der Waals surface area contributed by atoms with E-state index in [2.05, 4.69) is 4.72 Å². The fraction of sp³-hybridized carbons (Fsp3) is 0.500. The molecule has 118 valence electrons. The van der Waals surface area contributed by atoms with Crippen molar-refractivity contribution >= 4 is 16.0 Å². The number of sulfonamides is 1. The van der Waals surface area contributed by atoms with Gasteiger partial charge in [0.15, 0.2) is 0 Å². The third-order valence-electron chi connectivity index (χ3n) is 3.37. The van der Waals surface area contributed by atoms with Crippen LogP contribution in [-0.4, -0.2) is 36.7 Å². The Balaban J connectivity index is 2.87. The maximum absolute atomic E-state index is 12.2. The van der Waals surface area contributed by atoms with Crippen molar-refractivity contribution in [2.24, 2.45) is 0 Å². The normalized spacial score (nSPS) is 14.6. The first-order valence-electron chi connectivity index (χ1n) is 6.68. The summed E-state index contributed by atoms with van der Waals surface area (Å²) in [5.41, 5.74) is -0.141. The van der Waals surface area contributed by atoms with Crippen LogP contribution in [0.25, 0.3) is 0 Å². The van der Waals surface area contributed by atoms with E-state index in [-0.39, 0.29) is 17.9 Å². The first kappa shape index (κ1) is 17.6. The first-order chi connectivity index (χ1) is 9.72. The van der Waals surface area contributed by atoms with E-state index in [1.54, 1.807) is 26.0 Å². The summed E-state index contributed by atoms with van der Waals surface area (Å²) >= 11 is 0. The fourth-order valence-corrected chi connectivity index (χ4v) is 3.16. The van der Waals surface area contributed by atoms with Gasteiger partial charge in [-0.15, -0.1) is 0 Å². The smallest absolute Gasteiger partial charge is 0.303 e. The number of benzene rings is 1. The van der Waals surface area contributed by atoms with E-state index in [1.165, 1.54) is 12.1 Å². The standard InChI is InChI=1S/C14H21NO5S/c1-3-14(2,10-16)15-21(19,20)12-7-4-11(5-8-12)6-9-13(17)18/h4-5,7-8,15-16H,3,6,9-10H2,1-2H3,(H,17,18). The summed E-state index contributed by atoms with van der Waals surface area (Å²) in [6.07, 6.45) is 0.814. The van der Waals surface area contributed by atoms with Crippen LogP contribution in [-0.2, 0) is 21.2 Å². The van der Waals surface area contributed by atoms with Crippen LogP contribution in [0.5, 0.6) is 0 Å². The zero-order valence-corrected chi connectivity index (χ0v) is 13.0. The molecule has 1 unspecified atom stereocenters. The van der Waals surface area contributed by atoms with Gasteiger partial charge in [-0.05, 0) is 37.5 Å². The molecule has 1 rings (SSSR count). The maximum atomic E-state index is 12.2. The van der Waals surface area contributed by atoms with Crippen molar-refractivity contribution in [3.05, 3.63) is 29.8 Å². The van der Waals surface area contributed by atoms with E-state index in [0.717, 1.165) is 5.56 Å². The number of aliphatic hydroxyl groups excluding tert-OH is 1. The van der Waals surface area contributed by atoms with Crippen LogP contribution in [0.2, 0.25) is 0 Å². The van der Waals surface area contributed by atoms with Gasteiger partial charge in [0, 0.05) is 6.42 Å². The van der Waals surface area contributed by atoms with Crippen molar-refractivity contribution in [2.75, 3.05) is 6.61 Å². The molecule has 1 atom stereocenters. The Morgan fingerprint density at radius 2 is 1.86 bits per heavy atom. The number of nitrogens with one attached hydrogen (secondary N) is 1. The van der Waals surface area contributed by atoms with Gasteiger partial charge in [-0.2, -0.15) is 0 Å². The number of rotatable bonds is 8. The van der Waals surface area contributed by atoms with Gasteiger partial charge in [0.1, 0.15) is 0 Å². The Bertz CT molecular complexity index is 576. The van der Waals surface area contributed by atoms with E-state index in [1.807, 2.05) is 0 Å². The molecule has 0 radical (unpaired) electrons. The second kappa shape index (κ2) is 7.02. The molecule has 0 spiro atoms. The van der Waals surface area contributed by atoms with E-state index in [0.29, 0.717) is 12.8 Å². The highest BCUT2D eigenvalue weighted by molar-refractivity contribution is 7.89. The molecule has 3 N–H and O–H groups in total. The molecule has 0 saturated heterocycles. The van der Waals surface area contributed by atoms with Crippen molar-refractivity contribution < 1.29 is 23.4 Å². The molecular formula is C14H21NO5S. The van der Waals surface area contributed by atoms with Crippen molar-refractivity contribution in [3.8, 4) is 0 Å². The zero-order chi connectivity index (χ0) is 16.1. The van der Waals surface area contributed by atoms with E-state index in [4.69, 9.17) is 5.11 Å². The number of carboxylic acid groups (broad SMARTS) is 1. The number of carbonyl (C=O) groups is 1. The summed E-state index contributed by atoms with van der Waals surface area (Å²) in [6.45, 7) is 3.12. The summed E-state index contributed by atoms with van der Waals surface area (Å²) < 4.78 is 26.9. The van der Waals surface area contributed by atoms with Crippen LogP contribution in [0.15, 0.2) is 29.2 Å². The summed E-state index contributed by atoms with van der Waals surface area (Å²) in [5.74, 6) is -0.893. The molecule has 0 amide bonds. The van der Waals surface area contributed by atoms with Crippen LogP contribution in [0, 0.1) is 0 Å². The lowest BCUT2D eigenvalue weighted by molar-refractivity contribution is -0.136. The molecule has 1 aromatic carbocycles. The monoisotopic (exact) mass is 315 g/mol. The highest BCUT2D eigenvalue weighted by Crippen LogP contribution is 2.16. The molecular weight excluding hydrogens is 294 g/mol. The topological polar surface area (TPSA) is 104 Å². The minimum atomic E-state index is -3.72. The largest absolute Gasteiger partial charge is 0.481 e. The number of aliphatic carboxylic acids is 1. The van der Waals surface area contributed by atoms with Crippen LogP contribution in [0.1, 0.15) is 32.3 Å². The van der Waals surface area contributed by atoms with Crippen molar-refractivity contribution in [1.29, 1.82) is 0 Å². The minimum absolute atomic E-state index is 0.00274. The number of aliphatic hydroxyl groups is 1. The predicted molar refractivity (Wildman–Crippen MR) is 78.5 cm³/mol. The first-order valence-corrected chi connectivity index (χ1v) is 8.16. The molecule has 0 aromatic heterocycles. The lowest BCUT2D eigenvalue weighted by Crippen LogP contribution is -2.48. The van der Waals surface area contributed by atoms with E-state index >= 15 is 0 Å². The molecule has 0 aliphatic carbocycles. The Hall–Kier alpha value is -1.44. The second-order valence-electron chi connectivity index (χ2n) is 5.22. The molecule has 1 aromatic rings. The minimum Gasteiger partial charge on any atom is -0.481 e. The quantitative estimate of drug-likeness (QED) is 0.667. The summed E-state index contributed by atoms with van der Waals surface area (Å²) in [6, 6.07) is 6.07. The van der Waals surface area contributed by atoms with Gasteiger partial charge in [-0.25, -0.2) is 13.1 Å². The Morgan fingerprint density at radius 1 is 1.29 bits per heavy atom. The fourth-order valence-electron chi connectivity index (χ4n) is 1.69. The Morgan fingerprint density at radius 3 is 2.29 bits per heavy atom. The molecule has 0 aliphatic heterocycles. The van der Waals surface area contributed by atoms with E-state index < -0.39 is 21.5 Å². The van der Waals surface area contributed by atoms with Crippen LogP contribution in [0.3, 0.4) is 0 Å². The van der Waals surface area contributed by atoms with Crippen molar-refractivity contribution in [2.45, 2.75) is 43.5 Å². The molecule has 0 aliphatic rings. The molecule has 6 nitrogen and oxygen atoms in total. The van der Waals surface area contributed by atoms with E-state index in [9.17, 15) is 18.3 Å². The summed E-state index contributed by atoms with van der Waals surface area (Å²) in [5, 5.41) is 17.9. The maximum Gasteiger partial charge on any atom is 0.303 e. The van der Waals surface area contributed by atoms with Gasteiger partial charge in [0.05, 0.1) is 17.0 Å². The molecule has 0 fully saturated rings. The summed E-state index contributed by atoms with van der Waals surface area (Å²) in [7, 11) is -3.72. The molecule has 0 bridgehead atoms. The lowest BCUT2D eigenvalue weighted by Gasteiger charge is -2.26. The second-order valence-corrected chi connectivity index (χ2v) is 6.90. The van der Waals surface area contributed by atoms with Crippen molar-refractivity contribution in [3.63, 3.8) is 0 Å². The Kier molecular flexibility index (Phi) is 5.88. The highest BCUT2D eigenvalue weighted by Gasteiger charge is 2.28. The highest BCUT2D eigenvalue weighted by atomic mass is 32.2. The number of hydrogen-bond acceptors (Lipinski definition) is 4. The molecule has 21 heavy (non-hydrogen) atoms. The van der Waals surface area contributed by atoms with Crippen LogP contribution < -0.4 is 4.72 Å². The van der Waals surface area contributed by atoms with Crippen LogP contribution in [0.4, 0.5) is 0 Å². The predicted octanol–water partition coefficient (Wildman–Crippen LogP) is 1.14. The SMILES string of the molecule is CCC(C)(CO)NS(=O)(=O)c1ccc(CCC(=O)O)cc1. The van der Waals surface area contributed by atoms with Gasteiger partial charge in [0.25, 0.3) is 0 Å². The number of hydrogen-bond donors (Lipinski definition) is 3.